The number of rotatable bonds is 5. The summed E-state index contributed by atoms with van der Waals surface area (Å²) in [6.07, 6.45) is 0. The van der Waals surface area contributed by atoms with Gasteiger partial charge in [-0.15, -0.1) is 0 Å². The molecule has 1 unspecified atom stereocenters. The van der Waals surface area contributed by atoms with Crippen LogP contribution in [0.2, 0.25) is 0 Å². The molecule has 0 aliphatic carbocycles. The fraction of sp³-hybridized carbons (Fsp3) is 0.600. The van der Waals surface area contributed by atoms with Gasteiger partial charge in [-0.2, -0.15) is 0 Å². The monoisotopic (exact) mass is 263 g/mol. The Morgan fingerprint density at radius 2 is 1.89 bits per heavy atom. The van der Waals surface area contributed by atoms with Crippen LogP contribution in [0.3, 0.4) is 0 Å². The number of hydrogen-bond donors (Lipinski definition) is 1. The minimum absolute atomic E-state index is 0.578. The number of methoxy groups -OCH3 is 1. The molecular formula is C15H25N3O. The number of nitrogens with one attached hydrogen (secondary N) is 1. The lowest BCUT2D eigenvalue weighted by Gasteiger charge is -2.35. The van der Waals surface area contributed by atoms with E-state index in [1.807, 2.05) is 12.1 Å². The van der Waals surface area contributed by atoms with Crippen LogP contribution in [0.25, 0.3) is 0 Å². The normalized spacial score (nSPS) is 18.1. The summed E-state index contributed by atoms with van der Waals surface area (Å²) < 4.78 is 5.19. The van der Waals surface area contributed by atoms with Crippen molar-refractivity contribution in [3.63, 3.8) is 0 Å². The van der Waals surface area contributed by atoms with E-state index in [0.717, 1.165) is 38.5 Å². The van der Waals surface area contributed by atoms with Crippen molar-refractivity contribution in [2.75, 3.05) is 51.8 Å². The summed E-state index contributed by atoms with van der Waals surface area (Å²) in [6, 6.07) is 8.84. The first-order chi connectivity index (χ1) is 9.20. The number of piperazine rings is 1. The highest BCUT2D eigenvalue weighted by Crippen LogP contribution is 2.18. The largest absolute Gasteiger partial charge is 0.497 e. The van der Waals surface area contributed by atoms with E-state index >= 15 is 0 Å². The van der Waals surface area contributed by atoms with Gasteiger partial charge in [-0.1, -0.05) is 0 Å². The maximum absolute atomic E-state index is 5.19. The van der Waals surface area contributed by atoms with Crippen LogP contribution >= 0.6 is 0 Å². The Balaban J connectivity index is 1.89. The van der Waals surface area contributed by atoms with E-state index in [1.54, 1.807) is 7.11 Å². The Hall–Kier alpha value is -1.26. The van der Waals surface area contributed by atoms with Gasteiger partial charge in [0.05, 0.1) is 7.11 Å². The third-order valence-corrected chi connectivity index (χ3v) is 3.83. The SMILES string of the molecule is COc1ccc(N(C)CC(C)N2CCNCC2)cc1. The van der Waals surface area contributed by atoms with Crippen LogP contribution in [-0.4, -0.2) is 57.8 Å². The second-order valence-electron chi connectivity index (χ2n) is 5.21. The molecule has 106 valence electrons. The molecule has 1 aliphatic rings. The minimum atomic E-state index is 0.578. The number of likely N-dealkylation sites (N-methyl/N-ethyl adjacent to an activating group) is 1. The van der Waals surface area contributed by atoms with Crippen molar-refractivity contribution in [1.82, 2.24) is 10.2 Å². The summed E-state index contributed by atoms with van der Waals surface area (Å²) >= 11 is 0. The summed E-state index contributed by atoms with van der Waals surface area (Å²) in [5.74, 6) is 0.910. The average molecular weight is 263 g/mol. The minimum Gasteiger partial charge on any atom is -0.497 e. The Morgan fingerprint density at radius 3 is 2.47 bits per heavy atom. The van der Waals surface area contributed by atoms with Gasteiger partial charge in [0.25, 0.3) is 0 Å². The fourth-order valence-corrected chi connectivity index (χ4v) is 2.58. The van der Waals surface area contributed by atoms with Gasteiger partial charge < -0.3 is 15.0 Å². The second-order valence-corrected chi connectivity index (χ2v) is 5.21. The van der Waals surface area contributed by atoms with Gasteiger partial charge in [-0.3, -0.25) is 4.90 Å². The third-order valence-electron chi connectivity index (χ3n) is 3.83. The van der Waals surface area contributed by atoms with Crippen LogP contribution < -0.4 is 15.0 Å². The Bertz CT molecular complexity index is 373. The van der Waals surface area contributed by atoms with Crippen LogP contribution in [0.1, 0.15) is 6.92 Å². The van der Waals surface area contributed by atoms with E-state index in [4.69, 9.17) is 4.74 Å². The highest BCUT2D eigenvalue weighted by Gasteiger charge is 2.17. The average Bonchev–Trinajstić information content (AvgIpc) is 2.48. The van der Waals surface area contributed by atoms with Crippen LogP contribution in [-0.2, 0) is 0 Å². The van der Waals surface area contributed by atoms with Gasteiger partial charge in [0, 0.05) is 51.5 Å². The van der Waals surface area contributed by atoms with Gasteiger partial charge in [-0.25, -0.2) is 0 Å². The molecule has 1 fully saturated rings. The van der Waals surface area contributed by atoms with E-state index in [0.29, 0.717) is 6.04 Å². The van der Waals surface area contributed by atoms with Gasteiger partial charge in [0.15, 0.2) is 0 Å². The van der Waals surface area contributed by atoms with Gasteiger partial charge in [0.1, 0.15) is 5.75 Å². The highest BCUT2D eigenvalue weighted by molar-refractivity contribution is 5.48. The zero-order valence-corrected chi connectivity index (χ0v) is 12.2. The summed E-state index contributed by atoms with van der Waals surface area (Å²) in [6.45, 7) is 7.88. The summed E-state index contributed by atoms with van der Waals surface area (Å²) in [5.41, 5.74) is 1.24. The highest BCUT2D eigenvalue weighted by atomic mass is 16.5. The quantitative estimate of drug-likeness (QED) is 0.869. The zero-order chi connectivity index (χ0) is 13.7. The molecule has 1 aromatic carbocycles. The van der Waals surface area contributed by atoms with Crippen molar-refractivity contribution in [1.29, 1.82) is 0 Å². The van der Waals surface area contributed by atoms with Gasteiger partial charge >= 0.3 is 0 Å². The lowest BCUT2D eigenvalue weighted by atomic mass is 10.2. The van der Waals surface area contributed by atoms with E-state index in [1.165, 1.54) is 5.69 Å². The molecule has 0 saturated carbocycles. The Labute approximate surface area is 116 Å². The first-order valence-corrected chi connectivity index (χ1v) is 7.00. The first-order valence-electron chi connectivity index (χ1n) is 7.00. The lowest BCUT2D eigenvalue weighted by Crippen LogP contribution is -2.50. The standard InChI is InChI=1S/C15H25N3O/c1-13(18-10-8-16-9-11-18)12-17(2)14-4-6-15(19-3)7-5-14/h4-7,13,16H,8-12H2,1-3H3. The molecule has 19 heavy (non-hydrogen) atoms. The van der Waals surface area contributed by atoms with Crippen molar-refractivity contribution in [3.05, 3.63) is 24.3 Å². The summed E-state index contributed by atoms with van der Waals surface area (Å²) in [5, 5.41) is 3.40. The maximum Gasteiger partial charge on any atom is 0.119 e. The first kappa shape index (κ1) is 14.2. The van der Waals surface area contributed by atoms with Crippen molar-refractivity contribution in [3.8, 4) is 5.75 Å². The van der Waals surface area contributed by atoms with Gasteiger partial charge in [0.2, 0.25) is 0 Å². The molecule has 1 N–H and O–H groups in total. The molecule has 1 aromatic rings. The molecule has 1 aliphatic heterocycles. The molecule has 1 atom stereocenters. The number of anilines is 1. The smallest absolute Gasteiger partial charge is 0.119 e. The molecular weight excluding hydrogens is 238 g/mol. The molecule has 4 nitrogen and oxygen atoms in total. The maximum atomic E-state index is 5.19. The summed E-state index contributed by atoms with van der Waals surface area (Å²) in [4.78, 5) is 4.86. The molecule has 4 heteroatoms. The Morgan fingerprint density at radius 1 is 1.26 bits per heavy atom. The predicted octanol–water partition coefficient (Wildman–Crippen LogP) is 1.43. The molecule has 2 rings (SSSR count). The fourth-order valence-electron chi connectivity index (χ4n) is 2.58. The van der Waals surface area contributed by atoms with E-state index < -0.39 is 0 Å². The van der Waals surface area contributed by atoms with E-state index in [2.05, 4.69) is 41.2 Å². The van der Waals surface area contributed by atoms with Crippen LogP contribution in [0.15, 0.2) is 24.3 Å². The van der Waals surface area contributed by atoms with Crippen LogP contribution in [0.4, 0.5) is 5.69 Å². The molecule has 0 amide bonds. The number of benzene rings is 1. The van der Waals surface area contributed by atoms with Crippen LogP contribution in [0.5, 0.6) is 5.75 Å². The van der Waals surface area contributed by atoms with Crippen molar-refractivity contribution >= 4 is 5.69 Å². The van der Waals surface area contributed by atoms with Crippen molar-refractivity contribution in [2.45, 2.75) is 13.0 Å². The third kappa shape index (κ3) is 3.85. The molecule has 0 aromatic heterocycles. The van der Waals surface area contributed by atoms with E-state index in [9.17, 15) is 0 Å². The zero-order valence-electron chi connectivity index (χ0n) is 12.2. The van der Waals surface area contributed by atoms with E-state index in [-0.39, 0.29) is 0 Å². The van der Waals surface area contributed by atoms with Gasteiger partial charge in [-0.05, 0) is 31.2 Å². The summed E-state index contributed by atoms with van der Waals surface area (Å²) in [7, 11) is 3.85. The molecule has 1 saturated heterocycles. The number of nitrogens with zero attached hydrogens (tertiary/aromatic N) is 2. The van der Waals surface area contributed by atoms with Crippen molar-refractivity contribution in [2.24, 2.45) is 0 Å². The molecule has 0 bridgehead atoms. The molecule has 1 heterocycles. The predicted molar refractivity (Wildman–Crippen MR) is 80.2 cm³/mol. The number of hydrogen-bond acceptors (Lipinski definition) is 4. The number of ether oxygens (including phenoxy) is 1. The topological polar surface area (TPSA) is 27.7 Å². The van der Waals surface area contributed by atoms with Crippen LogP contribution in [0, 0.1) is 0 Å². The lowest BCUT2D eigenvalue weighted by molar-refractivity contribution is 0.187. The van der Waals surface area contributed by atoms with Crippen molar-refractivity contribution < 1.29 is 4.74 Å². The Kier molecular flexibility index (Phi) is 5.05. The molecule has 0 spiro atoms. The molecule has 0 radical (unpaired) electrons. The second kappa shape index (κ2) is 6.78.